The van der Waals surface area contributed by atoms with E-state index in [-0.39, 0.29) is 36.6 Å². The number of nitrogens with zero attached hydrogens (tertiary/aromatic N) is 4. The van der Waals surface area contributed by atoms with E-state index in [9.17, 15) is 19.2 Å². The van der Waals surface area contributed by atoms with Crippen LogP contribution in [0.15, 0.2) is 97.5 Å². The van der Waals surface area contributed by atoms with Gasteiger partial charge < -0.3 is 31.1 Å². The van der Waals surface area contributed by atoms with Crippen LogP contribution in [0.25, 0.3) is 11.1 Å². The van der Waals surface area contributed by atoms with Crippen molar-refractivity contribution >= 4 is 46.5 Å². The van der Waals surface area contributed by atoms with E-state index in [1.54, 1.807) is 75.2 Å². The van der Waals surface area contributed by atoms with Gasteiger partial charge in [-0.2, -0.15) is 0 Å². The zero-order valence-electron chi connectivity index (χ0n) is 27.5. The summed E-state index contributed by atoms with van der Waals surface area (Å²) in [5, 5.41) is 11.4. The SMILES string of the molecule is CN(C)C/C=C/C(=O)NCC(=O)Nc1cccc(CCC(=O)Nc2cncc(Nc3ccc(-c4ccc(C(=O)N(C)C)cc4)cn3)c2)c1. The number of aryl methyl sites for hydroxylation is 1. The normalized spacial score (nSPS) is 10.9. The fourth-order valence-corrected chi connectivity index (χ4v) is 4.51. The minimum atomic E-state index is -0.351. The van der Waals surface area contributed by atoms with Gasteiger partial charge in [-0.05, 0) is 74.1 Å². The Labute approximate surface area is 280 Å². The number of nitrogens with one attached hydrogen (secondary N) is 4. The monoisotopic (exact) mass is 648 g/mol. The number of benzene rings is 2. The molecule has 0 saturated heterocycles. The summed E-state index contributed by atoms with van der Waals surface area (Å²) >= 11 is 0. The molecular formula is C36H40N8O4. The molecule has 0 saturated carbocycles. The summed E-state index contributed by atoms with van der Waals surface area (Å²) in [6.45, 7) is 0.469. The van der Waals surface area contributed by atoms with Crippen LogP contribution >= 0.6 is 0 Å². The summed E-state index contributed by atoms with van der Waals surface area (Å²) < 4.78 is 0. The molecule has 2 aromatic heterocycles. The molecule has 0 aliphatic carbocycles. The highest BCUT2D eigenvalue weighted by atomic mass is 16.2. The predicted molar refractivity (Wildman–Crippen MR) is 188 cm³/mol. The van der Waals surface area contributed by atoms with Gasteiger partial charge in [-0.3, -0.25) is 24.2 Å². The standard InChI is InChI=1S/C36H40N8O4/c1-43(2)18-6-9-33(45)39-24-35(47)41-29-8-5-7-25(19-29)10-17-34(46)42-31-20-30(22-37-23-31)40-32-16-15-28(21-38-32)26-11-13-27(14-12-26)36(48)44(3)4/h5-9,11-16,19-23H,10,17-18,24H2,1-4H3,(H,38,40)(H,39,45)(H,41,47)(H,42,46)/b9-6+. The van der Waals surface area contributed by atoms with Crippen molar-refractivity contribution in [1.82, 2.24) is 25.1 Å². The highest BCUT2D eigenvalue weighted by Gasteiger charge is 2.10. The van der Waals surface area contributed by atoms with Crippen LogP contribution < -0.4 is 21.3 Å². The number of carbonyl (C=O) groups excluding carboxylic acids is 4. The van der Waals surface area contributed by atoms with E-state index in [4.69, 9.17) is 0 Å². The largest absolute Gasteiger partial charge is 0.345 e. The Kier molecular flexibility index (Phi) is 12.5. The summed E-state index contributed by atoms with van der Waals surface area (Å²) in [5.74, 6) is -0.323. The molecule has 0 bridgehead atoms. The van der Waals surface area contributed by atoms with E-state index in [1.165, 1.54) is 11.0 Å². The van der Waals surface area contributed by atoms with E-state index in [0.29, 0.717) is 41.4 Å². The Morgan fingerprint density at radius 2 is 1.50 bits per heavy atom. The van der Waals surface area contributed by atoms with Gasteiger partial charge in [0.05, 0.1) is 30.3 Å². The van der Waals surface area contributed by atoms with E-state index in [0.717, 1.165) is 16.7 Å². The molecule has 248 valence electrons. The highest BCUT2D eigenvalue weighted by molar-refractivity contribution is 5.97. The van der Waals surface area contributed by atoms with Gasteiger partial charge in [0.15, 0.2) is 0 Å². The Morgan fingerprint density at radius 3 is 2.21 bits per heavy atom. The van der Waals surface area contributed by atoms with Gasteiger partial charge in [0.1, 0.15) is 5.82 Å². The lowest BCUT2D eigenvalue weighted by Gasteiger charge is -2.11. The fourth-order valence-electron chi connectivity index (χ4n) is 4.51. The number of carbonyl (C=O) groups is 4. The molecule has 2 aromatic carbocycles. The van der Waals surface area contributed by atoms with Crippen molar-refractivity contribution in [1.29, 1.82) is 0 Å². The molecule has 0 spiro atoms. The van der Waals surface area contributed by atoms with Crippen molar-refractivity contribution in [2.45, 2.75) is 12.8 Å². The van der Waals surface area contributed by atoms with Gasteiger partial charge in [-0.25, -0.2) is 4.98 Å². The molecule has 48 heavy (non-hydrogen) atoms. The third-order valence-corrected chi connectivity index (χ3v) is 6.94. The molecule has 0 aliphatic heterocycles. The first-order valence-corrected chi connectivity index (χ1v) is 15.3. The number of hydrogen-bond acceptors (Lipinski definition) is 8. The number of likely N-dealkylation sites (N-methyl/N-ethyl adjacent to an activating group) is 1. The topological polar surface area (TPSA) is 149 Å². The quantitative estimate of drug-likeness (QED) is 0.148. The molecule has 4 rings (SSSR count). The number of anilines is 4. The van der Waals surface area contributed by atoms with Crippen LogP contribution in [-0.4, -0.2) is 84.7 Å². The van der Waals surface area contributed by atoms with Crippen molar-refractivity contribution in [3.05, 3.63) is 109 Å². The Balaban J connectivity index is 1.24. The summed E-state index contributed by atoms with van der Waals surface area (Å²) in [6.07, 6.45) is 8.74. The second-order valence-corrected chi connectivity index (χ2v) is 11.5. The summed E-state index contributed by atoms with van der Waals surface area (Å²) in [5.41, 5.74) is 5.11. The van der Waals surface area contributed by atoms with Crippen molar-refractivity contribution in [2.75, 3.05) is 57.2 Å². The van der Waals surface area contributed by atoms with Crippen molar-refractivity contribution in [3.8, 4) is 11.1 Å². The van der Waals surface area contributed by atoms with Crippen molar-refractivity contribution in [2.24, 2.45) is 0 Å². The number of amides is 4. The third-order valence-electron chi connectivity index (χ3n) is 6.94. The molecule has 0 radical (unpaired) electrons. The lowest BCUT2D eigenvalue weighted by Crippen LogP contribution is -2.31. The second kappa shape index (κ2) is 17.2. The van der Waals surface area contributed by atoms with Crippen LogP contribution in [0.3, 0.4) is 0 Å². The first-order chi connectivity index (χ1) is 23.0. The summed E-state index contributed by atoms with van der Waals surface area (Å²) in [4.78, 5) is 61.2. The Morgan fingerprint density at radius 1 is 0.771 bits per heavy atom. The lowest BCUT2D eigenvalue weighted by atomic mass is 10.1. The number of hydrogen-bond donors (Lipinski definition) is 4. The van der Waals surface area contributed by atoms with E-state index < -0.39 is 0 Å². The predicted octanol–water partition coefficient (Wildman–Crippen LogP) is 4.33. The molecule has 0 unspecified atom stereocenters. The molecule has 12 nitrogen and oxygen atoms in total. The maximum atomic E-state index is 12.7. The van der Waals surface area contributed by atoms with Gasteiger partial charge in [-0.15, -0.1) is 0 Å². The molecule has 0 fully saturated rings. The number of pyridine rings is 2. The molecule has 4 aromatic rings. The maximum absolute atomic E-state index is 12.7. The van der Waals surface area contributed by atoms with Gasteiger partial charge in [0, 0.05) is 56.1 Å². The van der Waals surface area contributed by atoms with E-state index >= 15 is 0 Å². The Bertz CT molecular complexity index is 1750. The molecule has 0 atom stereocenters. The molecule has 4 amide bonds. The minimum absolute atomic E-state index is 0.0522. The maximum Gasteiger partial charge on any atom is 0.253 e. The van der Waals surface area contributed by atoms with Crippen LogP contribution in [0.2, 0.25) is 0 Å². The van der Waals surface area contributed by atoms with Crippen molar-refractivity contribution < 1.29 is 19.2 Å². The summed E-state index contributed by atoms with van der Waals surface area (Å²) in [6, 6.07) is 20.2. The van der Waals surface area contributed by atoms with Gasteiger partial charge in [-0.1, -0.05) is 30.3 Å². The van der Waals surface area contributed by atoms with Crippen LogP contribution in [0, 0.1) is 0 Å². The lowest BCUT2D eigenvalue weighted by molar-refractivity contribution is -0.121. The zero-order chi connectivity index (χ0) is 34.5. The first-order valence-electron chi connectivity index (χ1n) is 15.3. The van der Waals surface area contributed by atoms with Crippen LogP contribution in [0.1, 0.15) is 22.3 Å². The highest BCUT2D eigenvalue weighted by Crippen LogP contribution is 2.23. The van der Waals surface area contributed by atoms with Crippen LogP contribution in [0.5, 0.6) is 0 Å². The minimum Gasteiger partial charge on any atom is -0.345 e. The molecule has 2 heterocycles. The average molecular weight is 649 g/mol. The molecule has 0 aliphatic rings. The van der Waals surface area contributed by atoms with Crippen LogP contribution in [-0.2, 0) is 20.8 Å². The molecular weight excluding hydrogens is 608 g/mol. The van der Waals surface area contributed by atoms with Gasteiger partial charge in [0.25, 0.3) is 5.91 Å². The fraction of sp³-hybridized carbons (Fsp3) is 0.222. The number of rotatable bonds is 14. The summed E-state index contributed by atoms with van der Waals surface area (Å²) in [7, 11) is 7.23. The molecule has 4 N–H and O–H groups in total. The smallest absolute Gasteiger partial charge is 0.253 e. The van der Waals surface area contributed by atoms with E-state index in [2.05, 4.69) is 31.2 Å². The van der Waals surface area contributed by atoms with Gasteiger partial charge in [0.2, 0.25) is 17.7 Å². The van der Waals surface area contributed by atoms with E-state index in [1.807, 2.05) is 49.3 Å². The van der Waals surface area contributed by atoms with Crippen LogP contribution in [0.4, 0.5) is 22.9 Å². The van der Waals surface area contributed by atoms with Crippen molar-refractivity contribution in [3.63, 3.8) is 0 Å². The third kappa shape index (κ3) is 11.2. The second-order valence-electron chi connectivity index (χ2n) is 11.5. The Hall–Kier alpha value is -5.88. The first kappa shape index (κ1) is 35.0. The molecule has 12 heteroatoms. The average Bonchev–Trinajstić information content (AvgIpc) is 3.07. The van der Waals surface area contributed by atoms with Gasteiger partial charge >= 0.3 is 0 Å². The number of aromatic nitrogens is 2. The zero-order valence-corrected chi connectivity index (χ0v) is 27.5.